The van der Waals surface area contributed by atoms with Crippen molar-refractivity contribution in [3.63, 3.8) is 0 Å². The van der Waals surface area contributed by atoms with Crippen molar-refractivity contribution in [3.05, 3.63) is 35.9 Å². The molecule has 0 spiro atoms. The molecule has 3 aliphatic rings. The topological polar surface area (TPSA) is 20.2 Å². The van der Waals surface area contributed by atoms with Crippen LogP contribution in [0.2, 0.25) is 0 Å². The molecule has 0 radical (unpaired) electrons. The third-order valence-electron chi connectivity index (χ3n) is 4.80. The number of aliphatic hydroxyl groups is 1. The van der Waals surface area contributed by atoms with Gasteiger partial charge in [0, 0.05) is 18.3 Å². The summed E-state index contributed by atoms with van der Waals surface area (Å²) in [7, 11) is 2.28. The summed E-state index contributed by atoms with van der Waals surface area (Å²) in [6, 6.07) is 10.6. The highest BCUT2D eigenvalue weighted by atomic mass is 16.3. The highest BCUT2D eigenvalue weighted by molar-refractivity contribution is 5.28. The molecule has 86 valence electrons. The van der Waals surface area contributed by atoms with E-state index in [0.717, 1.165) is 23.9 Å². The minimum absolute atomic E-state index is 0.0528. The summed E-state index contributed by atoms with van der Waals surface area (Å²) in [5.74, 6) is 0. The Hall–Kier alpha value is -0.860. The van der Waals surface area contributed by atoms with Gasteiger partial charge in [-0.2, -0.15) is 0 Å². The van der Waals surface area contributed by atoms with Gasteiger partial charge in [-0.05, 0) is 5.56 Å². The molecule has 0 saturated carbocycles. The van der Waals surface area contributed by atoms with E-state index in [-0.39, 0.29) is 11.5 Å². The number of likely N-dealkylation sites (N-methyl/N-ethyl adjacent to an activating group) is 1. The Morgan fingerprint density at radius 3 is 2.38 bits per heavy atom. The number of piperidine rings is 3. The number of hydrogen-bond acceptors (Lipinski definition) is 1. The summed E-state index contributed by atoms with van der Waals surface area (Å²) in [5, 5.41) is 10.5. The van der Waals surface area contributed by atoms with Gasteiger partial charge in [0.2, 0.25) is 0 Å². The van der Waals surface area contributed by atoms with Crippen LogP contribution < -0.4 is 0 Å². The van der Waals surface area contributed by atoms with Crippen molar-refractivity contribution in [2.75, 3.05) is 26.7 Å². The summed E-state index contributed by atoms with van der Waals surface area (Å²) in [6.45, 7) is 3.35. The van der Waals surface area contributed by atoms with Gasteiger partial charge in [-0.25, -0.2) is 0 Å². The highest BCUT2D eigenvalue weighted by Crippen LogP contribution is 2.45. The molecule has 1 N–H and O–H groups in total. The average Bonchev–Trinajstić information content (AvgIpc) is 2.30. The molecule has 2 heteroatoms. The Morgan fingerprint density at radius 2 is 1.81 bits per heavy atom. The second-order valence-electron chi connectivity index (χ2n) is 5.79. The summed E-state index contributed by atoms with van der Waals surface area (Å²) < 4.78 is 1.07. The van der Waals surface area contributed by atoms with E-state index in [0.29, 0.717) is 0 Å². The first-order valence-corrected chi connectivity index (χ1v) is 6.22. The Morgan fingerprint density at radius 1 is 1.19 bits per heavy atom. The summed E-state index contributed by atoms with van der Waals surface area (Å²) in [5.41, 5.74) is 1.39. The number of quaternary nitrogens is 1. The molecule has 16 heavy (non-hydrogen) atoms. The van der Waals surface area contributed by atoms with E-state index in [1.54, 1.807) is 0 Å². The Labute approximate surface area is 97.1 Å². The van der Waals surface area contributed by atoms with Crippen LogP contribution in [0.4, 0.5) is 0 Å². The Balaban J connectivity index is 2.00. The standard InChI is InChI=1S/C14H20NO/c1-15-9-7-14(8-10-15,13(16)11-15)12-5-3-2-4-6-12/h2-6,13,16H,7-11H2,1H3/q+1. The minimum atomic E-state index is -0.164. The van der Waals surface area contributed by atoms with Crippen molar-refractivity contribution in [2.24, 2.45) is 0 Å². The normalized spacial score (nSPS) is 42.2. The van der Waals surface area contributed by atoms with E-state index in [9.17, 15) is 5.11 Å². The van der Waals surface area contributed by atoms with E-state index in [2.05, 4.69) is 37.4 Å². The summed E-state index contributed by atoms with van der Waals surface area (Å²) >= 11 is 0. The van der Waals surface area contributed by atoms with Gasteiger partial charge in [0.15, 0.2) is 0 Å². The number of nitrogens with zero attached hydrogens (tertiary/aromatic N) is 1. The molecule has 0 amide bonds. The van der Waals surface area contributed by atoms with E-state index in [1.165, 1.54) is 18.7 Å². The van der Waals surface area contributed by atoms with Crippen molar-refractivity contribution >= 4 is 0 Å². The van der Waals surface area contributed by atoms with E-state index in [4.69, 9.17) is 0 Å². The lowest BCUT2D eigenvalue weighted by Gasteiger charge is -2.55. The smallest absolute Gasteiger partial charge is 0.113 e. The molecular weight excluding hydrogens is 198 g/mol. The van der Waals surface area contributed by atoms with Crippen LogP contribution >= 0.6 is 0 Å². The maximum absolute atomic E-state index is 10.5. The van der Waals surface area contributed by atoms with Crippen molar-refractivity contribution in [1.29, 1.82) is 0 Å². The van der Waals surface area contributed by atoms with Gasteiger partial charge in [0.1, 0.15) is 12.6 Å². The molecule has 1 unspecified atom stereocenters. The van der Waals surface area contributed by atoms with Crippen molar-refractivity contribution in [2.45, 2.75) is 24.4 Å². The molecule has 1 aromatic rings. The predicted molar refractivity (Wildman–Crippen MR) is 64.1 cm³/mol. The monoisotopic (exact) mass is 218 g/mol. The molecule has 3 saturated heterocycles. The molecule has 3 aliphatic heterocycles. The number of benzene rings is 1. The number of fused-ring (bicyclic) bond motifs is 3. The molecule has 2 bridgehead atoms. The molecule has 0 aliphatic carbocycles. The lowest BCUT2D eigenvalue weighted by Crippen LogP contribution is -2.67. The van der Waals surface area contributed by atoms with Gasteiger partial charge in [0.25, 0.3) is 0 Å². The number of hydrogen-bond donors (Lipinski definition) is 1. The summed E-state index contributed by atoms with van der Waals surface area (Å²) in [6.07, 6.45) is 2.10. The van der Waals surface area contributed by atoms with Gasteiger partial charge in [-0.1, -0.05) is 30.3 Å². The van der Waals surface area contributed by atoms with Crippen LogP contribution in [0.1, 0.15) is 18.4 Å². The first-order chi connectivity index (χ1) is 7.65. The van der Waals surface area contributed by atoms with Gasteiger partial charge >= 0.3 is 0 Å². The van der Waals surface area contributed by atoms with Crippen LogP contribution in [-0.4, -0.2) is 42.4 Å². The Bertz CT molecular complexity index is 379. The first kappa shape index (κ1) is 10.3. The molecule has 1 aromatic carbocycles. The van der Waals surface area contributed by atoms with Crippen molar-refractivity contribution < 1.29 is 9.59 Å². The molecule has 1 atom stereocenters. The lowest BCUT2D eigenvalue weighted by atomic mass is 9.65. The van der Waals surface area contributed by atoms with Crippen molar-refractivity contribution in [3.8, 4) is 0 Å². The van der Waals surface area contributed by atoms with E-state index < -0.39 is 0 Å². The SMILES string of the molecule is C[N+]12CCC(c3ccccc3)(CC1)C(O)C2. The minimum Gasteiger partial charge on any atom is -0.386 e. The molecule has 2 nitrogen and oxygen atoms in total. The van der Waals surface area contributed by atoms with Crippen LogP contribution in [0.25, 0.3) is 0 Å². The third-order valence-corrected chi connectivity index (χ3v) is 4.80. The zero-order valence-corrected chi connectivity index (χ0v) is 9.89. The zero-order valence-electron chi connectivity index (χ0n) is 9.89. The zero-order chi connectivity index (χ0) is 11.2. The fourth-order valence-corrected chi connectivity index (χ4v) is 3.53. The Kier molecular flexibility index (Phi) is 2.13. The average molecular weight is 218 g/mol. The van der Waals surface area contributed by atoms with Crippen LogP contribution in [0, 0.1) is 0 Å². The molecule has 4 rings (SSSR count). The fraction of sp³-hybridized carbons (Fsp3) is 0.571. The van der Waals surface area contributed by atoms with Gasteiger partial charge in [-0.3, -0.25) is 0 Å². The summed E-state index contributed by atoms with van der Waals surface area (Å²) in [4.78, 5) is 0. The molecular formula is C14H20NO+. The first-order valence-electron chi connectivity index (χ1n) is 6.22. The number of rotatable bonds is 1. The molecule has 3 heterocycles. The maximum atomic E-state index is 10.5. The van der Waals surface area contributed by atoms with Crippen LogP contribution in [0.15, 0.2) is 30.3 Å². The lowest BCUT2D eigenvalue weighted by molar-refractivity contribution is -0.929. The van der Waals surface area contributed by atoms with Gasteiger partial charge < -0.3 is 9.59 Å². The second kappa shape index (κ2) is 3.31. The predicted octanol–water partition coefficient (Wildman–Crippen LogP) is 1.54. The van der Waals surface area contributed by atoms with Crippen LogP contribution in [0.5, 0.6) is 0 Å². The molecule has 3 fully saturated rings. The van der Waals surface area contributed by atoms with E-state index in [1.807, 2.05) is 0 Å². The highest BCUT2D eigenvalue weighted by Gasteiger charge is 2.53. The van der Waals surface area contributed by atoms with E-state index >= 15 is 0 Å². The van der Waals surface area contributed by atoms with Gasteiger partial charge in [-0.15, -0.1) is 0 Å². The van der Waals surface area contributed by atoms with Gasteiger partial charge in [0.05, 0.1) is 20.1 Å². The molecule has 0 aromatic heterocycles. The fourth-order valence-electron chi connectivity index (χ4n) is 3.53. The second-order valence-corrected chi connectivity index (χ2v) is 5.79. The number of aliphatic hydroxyl groups excluding tert-OH is 1. The quantitative estimate of drug-likeness (QED) is 0.709. The van der Waals surface area contributed by atoms with Crippen LogP contribution in [-0.2, 0) is 5.41 Å². The van der Waals surface area contributed by atoms with Crippen LogP contribution in [0.3, 0.4) is 0 Å². The third kappa shape index (κ3) is 1.33. The van der Waals surface area contributed by atoms with Crippen molar-refractivity contribution in [1.82, 2.24) is 0 Å². The largest absolute Gasteiger partial charge is 0.386 e. The maximum Gasteiger partial charge on any atom is 0.113 e.